The minimum absolute atomic E-state index is 0.257. The first-order valence-electron chi connectivity index (χ1n) is 2.76. The van der Waals surface area contributed by atoms with Crippen molar-refractivity contribution in [3.63, 3.8) is 0 Å². The van der Waals surface area contributed by atoms with Crippen LogP contribution in [0.4, 0.5) is 0 Å². The SMILES string of the molecule is CCS(=O)(=O)CC(=O)[N+](=O)[O-]. The molecule has 0 saturated carbocycles. The van der Waals surface area contributed by atoms with Crippen molar-refractivity contribution in [3.05, 3.63) is 10.1 Å². The summed E-state index contributed by atoms with van der Waals surface area (Å²) in [5.41, 5.74) is 0. The first-order chi connectivity index (χ1) is 4.89. The van der Waals surface area contributed by atoms with Crippen molar-refractivity contribution < 1.29 is 18.1 Å². The van der Waals surface area contributed by atoms with E-state index in [9.17, 15) is 23.3 Å². The van der Waals surface area contributed by atoms with E-state index >= 15 is 0 Å². The molecule has 0 atom stereocenters. The maximum absolute atomic E-state index is 10.6. The van der Waals surface area contributed by atoms with Crippen LogP contribution in [0.1, 0.15) is 6.92 Å². The summed E-state index contributed by atoms with van der Waals surface area (Å²) in [7, 11) is -3.55. The molecule has 0 aliphatic rings. The lowest BCUT2D eigenvalue weighted by Crippen LogP contribution is -2.23. The van der Waals surface area contributed by atoms with Gasteiger partial charge >= 0.3 is 5.91 Å². The van der Waals surface area contributed by atoms with Crippen molar-refractivity contribution in [3.8, 4) is 0 Å². The molecule has 0 saturated heterocycles. The molecule has 0 aliphatic heterocycles. The van der Waals surface area contributed by atoms with E-state index in [0.29, 0.717) is 0 Å². The molecular formula is C4H7NO5S. The van der Waals surface area contributed by atoms with Gasteiger partial charge in [0.25, 0.3) is 0 Å². The fourth-order valence-corrected chi connectivity index (χ4v) is 1.03. The minimum Gasteiger partial charge on any atom is -0.256 e. The highest BCUT2D eigenvalue weighted by molar-refractivity contribution is 7.92. The minimum atomic E-state index is -3.55. The molecule has 6 nitrogen and oxygen atoms in total. The normalized spacial score (nSPS) is 11.0. The largest absolute Gasteiger partial charge is 0.459 e. The van der Waals surface area contributed by atoms with Crippen LogP contribution in [-0.4, -0.2) is 30.8 Å². The van der Waals surface area contributed by atoms with Crippen molar-refractivity contribution in [2.75, 3.05) is 11.5 Å². The van der Waals surface area contributed by atoms with E-state index in [-0.39, 0.29) is 5.75 Å². The van der Waals surface area contributed by atoms with Crippen molar-refractivity contribution in [1.29, 1.82) is 0 Å². The standard InChI is InChI=1S/C4H7NO5S/c1-2-11(9,10)3-4(6)5(7)8/h2-3H2,1H3. The maximum Gasteiger partial charge on any atom is 0.459 e. The summed E-state index contributed by atoms with van der Waals surface area (Å²) < 4.78 is 21.2. The number of nitrogens with zero attached hydrogens (tertiary/aromatic N) is 1. The Bertz CT molecular complexity index is 266. The van der Waals surface area contributed by atoms with E-state index in [1.807, 2.05) is 0 Å². The van der Waals surface area contributed by atoms with E-state index < -0.39 is 26.4 Å². The highest BCUT2D eigenvalue weighted by atomic mass is 32.2. The zero-order valence-corrected chi connectivity index (χ0v) is 6.63. The average molecular weight is 181 g/mol. The fourth-order valence-electron chi connectivity index (χ4n) is 0.343. The number of sulfone groups is 1. The third-order valence-corrected chi connectivity index (χ3v) is 2.55. The second kappa shape index (κ2) is 3.42. The van der Waals surface area contributed by atoms with Crippen LogP contribution in [0.15, 0.2) is 0 Å². The number of carbonyl (C=O) groups excluding carboxylic acids is 1. The summed E-state index contributed by atoms with van der Waals surface area (Å²) >= 11 is 0. The highest BCUT2D eigenvalue weighted by Crippen LogP contribution is 1.90. The quantitative estimate of drug-likeness (QED) is 0.420. The van der Waals surface area contributed by atoms with Crippen LogP contribution >= 0.6 is 0 Å². The lowest BCUT2D eigenvalue weighted by atomic mass is 10.8. The second-order valence-electron chi connectivity index (χ2n) is 1.83. The number of nitro groups is 1. The predicted molar refractivity (Wildman–Crippen MR) is 36.3 cm³/mol. The zero-order valence-electron chi connectivity index (χ0n) is 5.81. The molecular weight excluding hydrogens is 174 g/mol. The van der Waals surface area contributed by atoms with Crippen LogP contribution in [0.3, 0.4) is 0 Å². The van der Waals surface area contributed by atoms with Crippen LogP contribution in [-0.2, 0) is 14.6 Å². The topological polar surface area (TPSA) is 94.3 Å². The number of carbonyl (C=O) groups is 1. The molecule has 0 unspecified atom stereocenters. The molecule has 0 aromatic carbocycles. The molecule has 0 aliphatic carbocycles. The monoisotopic (exact) mass is 181 g/mol. The molecule has 11 heavy (non-hydrogen) atoms. The molecule has 0 fully saturated rings. The Morgan fingerprint density at radius 3 is 2.27 bits per heavy atom. The zero-order chi connectivity index (χ0) is 9.07. The van der Waals surface area contributed by atoms with Gasteiger partial charge in [0.15, 0.2) is 15.6 Å². The summed E-state index contributed by atoms with van der Waals surface area (Å²) in [4.78, 5) is 18.7. The Hall–Kier alpha value is -0.980. The molecule has 0 radical (unpaired) electrons. The van der Waals surface area contributed by atoms with Crippen molar-refractivity contribution in [1.82, 2.24) is 0 Å². The molecule has 0 aromatic heterocycles. The Morgan fingerprint density at radius 1 is 1.55 bits per heavy atom. The Morgan fingerprint density at radius 2 is 2.00 bits per heavy atom. The smallest absolute Gasteiger partial charge is 0.256 e. The van der Waals surface area contributed by atoms with E-state index in [2.05, 4.69) is 0 Å². The van der Waals surface area contributed by atoms with Gasteiger partial charge in [0.1, 0.15) is 4.92 Å². The molecule has 0 aromatic rings. The van der Waals surface area contributed by atoms with Gasteiger partial charge in [-0.05, 0) is 0 Å². The van der Waals surface area contributed by atoms with Gasteiger partial charge in [0, 0.05) is 5.75 Å². The predicted octanol–water partition coefficient (Wildman–Crippen LogP) is -0.776. The molecule has 0 bridgehead atoms. The number of hydrogen-bond acceptors (Lipinski definition) is 5. The Labute approximate surface area is 63.3 Å². The molecule has 0 heterocycles. The van der Waals surface area contributed by atoms with Gasteiger partial charge < -0.3 is 0 Å². The number of hydrogen-bond donors (Lipinski definition) is 0. The maximum atomic E-state index is 10.6. The Balaban J connectivity index is 4.29. The number of amides is 1. The highest BCUT2D eigenvalue weighted by Gasteiger charge is 2.23. The summed E-state index contributed by atoms with van der Waals surface area (Å²) in [6.07, 6.45) is 0. The van der Waals surface area contributed by atoms with E-state index in [0.717, 1.165) is 0 Å². The lowest BCUT2D eigenvalue weighted by molar-refractivity contribution is -0.399. The van der Waals surface area contributed by atoms with Crippen LogP contribution in [0, 0.1) is 10.1 Å². The molecule has 1 amide bonds. The van der Waals surface area contributed by atoms with Crippen molar-refractivity contribution in [2.45, 2.75) is 6.92 Å². The molecule has 7 heteroatoms. The molecule has 64 valence electrons. The third-order valence-electron chi connectivity index (χ3n) is 0.987. The van der Waals surface area contributed by atoms with E-state index in [1.165, 1.54) is 6.92 Å². The lowest BCUT2D eigenvalue weighted by Gasteiger charge is -1.92. The summed E-state index contributed by atoms with van der Waals surface area (Å²) in [6, 6.07) is 0. The van der Waals surface area contributed by atoms with E-state index in [4.69, 9.17) is 0 Å². The van der Waals surface area contributed by atoms with Gasteiger partial charge in [-0.1, -0.05) is 6.92 Å². The Kier molecular flexibility index (Phi) is 3.12. The van der Waals surface area contributed by atoms with Gasteiger partial charge in [-0.2, -0.15) is 0 Å². The molecule has 0 rings (SSSR count). The second-order valence-corrected chi connectivity index (χ2v) is 4.18. The van der Waals surface area contributed by atoms with Crippen LogP contribution in [0.2, 0.25) is 0 Å². The van der Waals surface area contributed by atoms with Crippen LogP contribution in [0.25, 0.3) is 0 Å². The van der Waals surface area contributed by atoms with Gasteiger partial charge in [0.05, 0.1) is 0 Å². The van der Waals surface area contributed by atoms with Crippen LogP contribution in [0.5, 0.6) is 0 Å². The van der Waals surface area contributed by atoms with Gasteiger partial charge in [-0.3, -0.25) is 10.1 Å². The number of rotatable bonds is 3. The summed E-state index contributed by atoms with van der Waals surface area (Å²) in [5.74, 6) is -2.74. The van der Waals surface area contributed by atoms with Gasteiger partial charge in [0.2, 0.25) is 0 Å². The van der Waals surface area contributed by atoms with E-state index in [1.54, 1.807) is 0 Å². The van der Waals surface area contributed by atoms with Crippen molar-refractivity contribution in [2.24, 2.45) is 0 Å². The van der Waals surface area contributed by atoms with Gasteiger partial charge in [-0.15, -0.1) is 0 Å². The first kappa shape index (κ1) is 10.0. The molecule has 0 spiro atoms. The van der Waals surface area contributed by atoms with Crippen molar-refractivity contribution >= 4 is 15.7 Å². The summed E-state index contributed by atoms with van der Waals surface area (Å²) in [6.45, 7) is 1.32. The van der Waals surface area contributed by atoms with Gasteiger partial charge in [-0.25, -0.2) is 13.2 Å². The molecule has 0 N–H and O–H groups in total. The average Bonchev–Trinajstić information content (AvgIpc) is 1.87. The van der Waals surface area contributed by atoms with Crippen LogP contribution < -0.4 is 0 Å². The first-order valence-corrected chi connectivity index (χ1v) is 4.59. The summed E-state index contributed by atoms with van der Waals surface area (Å²) in [5, 5.41) is 9.68. The third kappa shape index (κ3) is 3.66. The fraction of sp³-hybridized carbons (Fsp3) is 0.750.